The molecule has 4 N–H and O–H groups in total. The summed E-state index contributed by atoms with van der Waals surface area (Å²) < 4.78 is 0. The van der Waals surface area contributed by atoms with E-state index in [0.717, 1.165) is 12.3 Å². The lowest BCUT2D eigenvalue weighted by molar-refractivity contribution is 0.0673. The van der Waals surface area contributed by atoms with Gasteiger partial charge in [-0.2, -0.15) is 0 Å². The Morgan fingerprint density at radius 1 is 1.06 bits per heavy atom. The SMILES string of the molecule is C[CH]CC(C)[C](CC(O)CO)CC(O)CO. The van der Waals surface area contributed by atoms with Crippen LogP contribution in [0.25, 0.3) is 0 Å². The zero-order valence-corrected chi connectivity index (χ0v) is 10.1. The Morgan fingerprint density at radius 3 is 1.81 bits per heavy atom. The molecule has 0 aliphatic heterocycles. The van der Waals surface area contributed by atoms with Gasteiger partial charge in [0.1, 0.15) is 0 Å². The normalized spacial score (nSPS) is 17.4. The molecule has 0 spiro atoms. The topological polar surface area (TPSA) is 80.9 Å². The van der Waals surface area contributed by atoms with Gasteiger partial charge in [0.25, 0.3) is 0 Å². The molecule has 2 radical (unpaired) electrons. The Kier molecular flexibility index (Phi) is 8.84. The number of aliphatic hydroxyl groups is 4. The molecule has 0 saturated carbocycles. The minimum Gasteiger partial charge on any atom is -0.394 e. The fourth-order valence-corrected chi connectivity index (χ4v) is 1.74. The van der Waals surface area contributed by atoms with Crippen LogP contribution in [0.5, 0.6) is 0 Å². The van der Waals surface area contributed by atoms with E-state index in [1.165, 1.54) is 0 Å². The van der Waals surface area contributed by atoms with Gasteiger partial charge < -0.3 is 20.4 Å². The quantitative estimate of drug-likeness (QED) is 0.461. The molecule has 0 heterocycles. The van der Waals surface area contributed by atoms with Crippen LogP contribution in [0, 0.1) is 18.3 Å². The monoisotopic (exact) mass is 232 g/mol. The van der Waals surface area contributed by atoms with Crippen molar-refractivity contribution in [3.05, 3.63) is 12.3 Å². The molecule has 0 aliphatic carbocycles. The van der Waals surface area contributed by atoms with Gasteiger partial charge in [-0.1, -0.05) is 13.8 Å². The average Bonchev–Trinajstić information content (AvgIpc) is 2.27. The maximum atomic E-state index is 9.41. The molecule has 0 aliphatic rings. The van der Waals surface area contributed by atoms with Crippen LogP contribution < -0.4 is 0 Å². The first-order valence-corrected chi connectivity index (χ1v) is 5.75. The van der Waals surface area contributed by atoms with E-state index in [2.05, 4.69) is 0 Å². The fraction of sp³-hybridized carbons (Fsp3) is 0.833. The Bertz CT molecular complexity index is 151. The summed E-state index contributed by atoms with van der Waals surface area (Å²) in [6, 6.07) is 0. The number of hydrogen-bond donors (Lipinski definition) is 4. The molecule has 96 valence electrons. The summed E-state index contributed by atoms with van der Waals surface area (Å²) in [5.74, 6) is 1.23. The van der Waals surface area contributed by atoms with Crippen molar-refractivity contribution in [2.45, 2.75) is 45.3 Å². The second-order valence-corrected chi connectivity index (χ2v) is 4.28. The zero-order valence-electron chi connectivity index (χ0n) is 10.1. The zero-order chi connectivity index (χ0) is 12.6. The van der Waals surface area contributed by atoms with E-state index in [4.69, 9.17) is 10.2 Å². The lowest BCUT2D eigenvalue weighted by atomic mass is 9.82. The van der Waals surface area contributed by atoms with Gasteiger partial charge >= 0.3 is 0 Å². The highest BCUT2D eigenvalue weighted by atomic mass is 16.3. The smallest absolute Gasteiger partial charge is 0.0776 e. The molecule has 0 bridgehead atoms. The van der Waals surface area contributed by atoms with Crippen LogP contribution in [0.15, 0.2) is 0 Å². The van der Waals surface area contributed by atoms with Crippen LogP contribution in [-0.4, -0.2) is 45.8 Å². The summed E-state index contributed by atoms with van der Waals surface area (Å²) in [6.45, 7) is 3.42. The number of rotatable bonds is 9. The molecule has 0 amide bonds. The van der Waals surface area contributed by atoms with Crippen molar-refractivity contribution in [1.29, 1.82) is 0 Å². The minimum absolute atomic E-state index is 0.243. The van der Waals surface area contributed by atoms with E-state index in [1.54, 1.807) is 0 Å². The largest absolute Gasteiger partial charge is 0.394 e. The molecule has 0 aromatic heterocycles. The van der Waals surface area contributed by atoms with Gasteiger partial charge in [0.15, 0.2) is 0 Å². The van der Waals surface area contributed by atoms with Gasteiger partial charge in [-0.05, 0) is 37.5 Å². The molecule has 0 aromatic rings. The van der Waals surface area contributed by atoms with Crippen LogP contribution in [0.3, 0.4) is 0 Å². The first-order valence-electron chi connectivity index (χ1n) is 5.75. The molecule has 0 fully saturated rings. The molecule has 0 aromatic carbocycles. The van der Waals surface area contributed by atoms with Gasteiger partial charge in [0, 0.05) is 0 Å². The molecule has 4 heteroatoms. The summed E-state index contributed by atoms with van der Waals surface area (Å²) in [7, 11) is 0. The standard InChI is InChI=1S/C12H24O4/c1-3-4-9(2)10(5-11(15)7-13)6-12(16)8-14/h3,9,11-16H,4-8H2,1-2H3. The first-order chi connectivity index (χ1) is 7.54. The van der Waals surface area contributed by atoms with Crippen LogP contribution in [0.2, 0.25) is 0 Å². The molecule has 0 rings (SSSR count). The molecule has 4 nitrogen and oxygen atoms in total. The number of hydrogen-bond acceptors (Lipinski definition) is 4. The second kappa shape index (κ2) is 8.93. The summed E-state index contributed by atoms with van der Waals surface area (Å²) >= 11 is 0. The van der Waals surface area contributed by atoms with Gasteiger partial charge in [-0.25, -0.2) is 0 Å². The van der Waals surface area contributed by atoms with Crippen LogP contribution in [0.4, 0.5) is 0 Å². The van der Waals surface area contributed by atoms with Crippen LogP contribution in [-0.2, 0) is 0 Å². The van der Waals surface area contributed by atoms with E-state index in [-0.39, 0.29) is 19.1 Å². The third-order valence-corrected chi connectivity index (χ3v) is 2.70. The minimum atomic E-state index is -0.778. The summed E-state index contributed by atoms with van der Waals surface area (Å²) in [5.41, 5.74) is 0. The molecule has 3 atom stereocenters. The van der Waals surface area contributed by atoms with Crippen molar-refractivity contribution in [1.82, 2.24) is 0 Å². The van der Waals surface area contributed by atoms with Gasteiger partial charge in [0.2, 0.25) is 0 Å². The van der Waals surface area contributed by atoms with E-state index >= 15 is 0 Å². The average molecular weight is 232 g/mol. The third kappa shape index (κ3) is 6.43. The summed E-state index contributed by atoms with van der Waals surface area (Å²) in [4.78, 5) is 0. The molecular weight excluding hydrogens is 208 g/mol. The summed E-state index contributed by atoms with van der Waals surface area (Å²) in [5, 5.41) is 36.4. The van der Waals surface area contributed by atoms with Gasteiger partial charge in [-0.3, -0.25) is 0 Å². The number of aliphatic hydroxyl groups excluding tert-OH is 4. The fourth-order valence-electron chi connectivity index (χ4n) is 1.74. The van der Waals surface area contributed by atoms with Gasteiger partial charge in [-0.15, -0.1) is 0 Å². The van der Waals surface area contributed by atoms with Crippen LogP contribution in [0.1, 0.15) is 33.1 Å². The Balaban J connectivity index is 4.25. The van der Waals surface area contributed by atoms with E-state index in [9.17, 15) is 10.2 Å². The molecule has 16 heavy (non-hydrogen) atoms. The van der Waals surface area contributed by atoms with Crippen molar-refractivity contribution in [3.8, 4) is 0 Å². The van der Waals surface area contributed by atoms with Crippen molar-refractivity contribution in [3.63, 3.8) is 0 Å². The Labute approximate surface area is 97.9 Å². The lowest BCUT2D eigenvalue weighted by Gasteiger charge is -2.26. The van der Waals surface area contributed by atoms with E-state index in [1.807, 2.05) is 20.3 Å². The van der Waals surface area contributed by atoms with E-state index < -0.39 is 12.2 Å². The highest BCUT2D eigenvalue weighted by Gasteiger charge is 2.23. The Morgan fingerprint density at radius 2 is 1.50 bits per heavy atom. The van der Waals surface area contributed by atoms with Crippen LogP contribution >= 0.6 is 0 Å². The third-order valence-electron chi connectivity index (χ3n) is 2.70. The predicted octanol–water partition coefficient (Wildman–Crippen LogP) is 0.298. The first kappa shape index (κ1) is 15.8. The molecule has 3 unspecified atom stereocenters. The van der Waals surface area contributed by atoms with E-state index in [0.29, 0.717) is 12.8 Å². The predicted molar refractivity (Wildman–Crippen MR) is 62.4 cm³/mol. The second-order valence-electron chi connectivity index (χ2n) is 4.28. The summed E-state index contributed by atoms with van der Waals surface area (Å²) in [6.07, 6.45) is 2.10. The van der Waals surface area contributed by atoms with Crippen molar-refractivity contribution < 1.29 is 20.4 Å². The molecular formula is C12H24O4. The lowest BCUT2D eigenvalue weighted by Crippen LogP contribution is -2.25. The van der Waals surface area contributed by atoms with Crippen molar-refractivity contribution in [2.24, 2.45) is 5.92 Å². The van der Waals surface area contributed by atoms with Crippen molar-refractivity contribution >= 4 is 0 Å². The maximum Gasteiger partial charge on any atom is 0.0776 e. The maximum absolute atomic E-state index is 9.41. The highest BCUT2D eigenvalue weighted by Crippen LogP contribution is 2.28. The van der Waals surface area contributed by atoms with Gasteiger partial charge in [0.05, 0.1) is 25.4 Å². The van der Waals surface area contributed by atoms with Crippen molar-refractivity contribution in [2.75, 3.05) is 13.2 Å². The highest BCUT2D eigenvalue weighted by molar-refractivity contribution is 4.99. The molecule has 0 saturated heterocycles. The Hall–Kier alpha value is -0.160.